The molecule has 0 radical (unpaired) electrons. The summed E-state index contributed by atoms with van der Waals surface area (Å²) in [6.45, 7) is 7.99. The van der Waals surface area contributed by atoms with Gasteiger partial charge in [-0.2, -0.15) is 0 Å². The van der Waals surface area contributed by atoms with Crippen molar-refractivity contribution < 1.29 is 9.90 Å². The highest BCUT2D eigenvalue weighted by Gasteiger charge is 2.21. The molecule has 0 spiro atoms. The maximum Gasteiger partial charge on any atom is 0.337 e. The SMILES string of the molecule is Cc1cnc2c(c1)c(C(=O)O)cn2C(C)(C)C. The van der Waals surface area contributed by atoms with E-state index in [1.54, 1.807) is 12.4 Å². The second kappa shape index (κ2) is 3.58. The van der Waals surface area contributed by atoms with Crippen molar-refractivity contribution in [1.82, 2.24) is 9.55 Å². The van der Waals surface area contributed by atoms with E-state index < -0.39 is 5.97 Å². The summed E-state index contributed by atoms with van der Waals surface area (Å²) in [7, 11) is 0. The van der Waals surface area contributed by atoms with E-state index in [2.05, 4.69) is 4.98 Å². The monoisotopic (exact) mass is 232 g/mol. The number of carboxylic acids is 1. The van der Waals surface area contributed by atoms with Crippen molar-refractivity contribution in [3.63, 3.8) is 0 Å². The summed E-state index contributed by atoms with van der Waals surface area (Å²) in [5.41, 5.74) is 1.81. The molecule has 2 aromatic rings. The number of aromatic carboxylic acids is 1. The van der Waals surface area contributed by atoms with E-state index >= 15 is 0 Å². The van der Waals surface area contributed by atoms with E-state index in [1.807, 2.05) is 38.3 Å². The van der Waals surface area contributed by atoms with Gasteiger partial charge in [-0.05, 0) is 39.3 Å². The summed E-state index contributed by atoms with van der Waals surface area (Å²) in [6.07, 6.45) is 3.43. The first-order valence-corrected chi connectivity index (χ1v) is 5.52. The Balaban J connectivity index is 2.85. The topological polar surface area (TPSA) is 55.1 Å². The van der Waals surface area contributed by atoms with Gasteiger partial charge in [0, 0.05) is 23.3 Å². The van der Waals surface area contributed by atoms with Crippen LogP contribution < -0.4 is 0 Å². The first-order chi connectivity index (χ1) is 7.80. The number of pyridine rings is 1. The van der Waals surface area contributed by atoms with Gasteiger partial charge in [0.25, 0.3) is 0 Å². The first kappa shape index (κ1) is 11.6. The molecule has 0 atom stereocenters. The number of carbonyl (C=O) groups is 1. The zero-order valence-corrected chi connectivity index (χ0v) is 10.5. The zero-order chi connectivity index (χ0) is 12.8. The predicted octanol–water partition coefficient (Wildman–Crippen LogP) is 2.80. The molecule has 0 aliphatic carbocycles. The molecule has 1 N–H and O–H groups in total. The normalized spacial score (nSPS) is 12.0. The highest BCUT2D eigenvalue weighted by molar-refractivity contribution is 6.02. The third kappa shape index (κ3) is 1.90. The molecule has 2 heterocycles. The molecule has 0 bridgehead atoms. The van der Waals surface area contributed by atoms with E-state index in [-0.39, 0.29) is 5.54 Å². The lowest BCUT2D eigenvalue weighted by atomic mass is 10.1. The van der Waals surface area contributed by atoms with Gasteiger partial charge < -0.3 is 9.67 Å². The van der Waals surface area contributed by atoms with Crippen LogP contribution in [0.2, 0.25) is 0 Å². The van der Waals surface area contributed by atoms with E-state index in [0.717, 1.165) is 11.2 Å². The van der Waals surface area contributed by atoms with Crippen molar-refractivity contribution >= 4 is 17.0 Å². The maximum atomic E-state index is 11.2. The van der Waals surface area contributed by atoms with Crippen LogP contribution in [-0.2, 0) is 5.54 Å². The van der Waals surface area contributed by atoms with Gasteiger partial charge in [-0.1, -0.05) is 0 Å². The molecule has 0 saturated carbocycles. The van der Waals surface area contributed by atoms with Crippen molar-refractivity contribution in [2.45, 2.75) is 33.2 Å². The van der Waals surface area contributed by atoms with Crippen LogP contribution in [0.4, 0.5) is 0 Å². The Morgan fingerprint density at radius 2 is 2.06 bits per heavy atom. The van der Waals surface area contributed by atoms with Crippen LogP contribution in [0.15, 0.2) is 18.5 Å². The second-order valence-electron chi connectivity index (χ2n) is 5.27. The second-order valence-corrected chi connectivity index (χ2v) is 5.27. The van der Waals surface area contributed by atoms with Gasteiger partial charge in [0.05, 0.1) is 5.56 Å². The Morgan fingerprint density at radius 3 is 2.59 bits per heavy atom. The van der Waals surface area contributed by atoms with Crippen LogP contribution in [0.5, 0.6) is 0 Å². The van der Waals surface area contributed by atoms with Crippen LogP contribution in [0.25, 0.3) is 11.0 Å². The van der Waals surface area contributed by atoms with Gasteiger partial charge in [-0.25, -0.2) is 9.78 Å². The molecular weight excluding hydrogens is 216 g/mol. The lowest BCUT2D eigenvalue weighted by Crippen LogP contribution is -2.21. The largest absolute Gasteiger partial charge is 0.478 e. The summed E-state index contributed by atoms with van der Waals surface area (Å²) < 4.78 is 1.91. The molecule has 0 aliphatic rings. The number of aromatic nitrogens is 2. The van der Waals surface area contributed by atoms with Crippen molar-refractivity contribution in [3.8, 4) is 0 Å². The zero-order valence-electron chi connectivity index (χ0n) is 10.5. The Kier molecular flexibility index (Phi) is 2.45. The van der Waals surface area contributed by atoms with Gasteiger partial charge in [0.1, 0.15) is 5.65 Å². The Hall–Kier alpha value is -1.84. The summed E-state index contributed by atoms with van der Waals surface area (Å²) in [4.78, 5) is 15.6. The average molecular weight is 232 g/mol. The molecule has 0 amide bonds. The van der Waals surface area contributed by atoms with E-state index in [1.165, 1.54) is 0 Å². The van der Waals surface area contributed by atoms with E-state index in [9.17, 15) is 9.90 Å². The van der Waals surface area contributed by atoms with Gasteiger partial charge in [0.2, 0.25) is 0 Å². The third-order valence-electron chi connectivity index (χ3n) is 2.73. The number of hydrogen-bond donors (Lipinski definition) is 1. The first-order valence-electron chi connectivity index (χ1n) is 5.52. The summed E-state index contributed by atoms with van der Waals surface area (Å²) >= 11 is 0. The molecule has 4 nitrogen and oxygen atoms in total. The minimum Gasteiger partial charge on any atom is -0.478 e. The molecule has 0 aliphatic heterocycles. The van der Waals surface area contributed by atoms with Crippen LogP contribution in [0, 0.1) is 6.92 Å². The van der Waals surface area contributed by atoms with Crippen molar-refractivity contribution in [2.75, 3.05) is 0 Å². The van der Waals surface area contributed by atoms with Gasteiger partial charge in [0.15, 0.2) is 0 Å². The van der Waals surface area contributed by atoms with Gasteiger partial charge >= 0.3 is 5.97 Å². The van der Waals surface area contributed by atoms with Crippen molar-refractivity contribution in [3.05, 3.63) is 29.6 Å². The summed E-state index contributed by atoms with van der Waals surface area (Å²) in [6, 6.07) is 1.87. The Labute approximate surface area is 99.9 Å². The lowest BCUT2D eigenvalue weighted by molar-refractivity contribution is 0.0698. The Morgan fingerprint density at radius 1 is 1.41 bits per heavy atom. The number of carboxylic acid groups (broad SMARTS) is 1. The average Bonchev–Trinajstić information content (AvgIpc) is 2.55. The van der Waals surface area contributed by atoms with E-state index in [0.29, 0.717) is 10.9 Å². The highest BCUT2D eigenvalue weighted by atomic mass is 16.4. The van der Waals surface area contributed by atoms with Crippen LogP contribution in [0.3, 0.4) is 0 Å². The van der Waals surface area contributed by atoms with Gasteiger partial charge in [-0.3, -0.25) is 0 Å². The summed E-state index contributed by atoms with van der Waals surface area (Å²) in [5, 5.41) is 9.91. The summed E-state index contributed by atoms with van der Waals surface area (Å²) in [5.74, 6) is -0.912. The molecule has 4 heteroatoms. The molecular formula is C13H16N2O2. The molecule has 0 fully saturated rings. The fraction of sp³-hybridized carbons (Fsp3) is 0.385. The molecule has 0 aromatic carbocycles. The van der Waals surface area contributed by atoms with Crippen LogP contribution >= 0.6 is 0 Å². The standard InChI is InChI=1S/C13H16N2O2/c1-8-5-9-10(12(16)17)7-15(13(2,3)4)11(9)14-6-8/h5-7H,1-4H3,(H,16,17). The smallest absolute Gasteiger partial charge is 0.337 e. The predicted molar refractivity (Wildman–Crippen MR) is 66.4 cm³/mol. The number of fused-ring (bicyclic) bond motifs is 1. The third-order valence-corrected chi connectivity index (χ3v) is 2.73. The number of aryl methyl sites for hydroxylation is 1. The highest BCUT2D eigenvalue weighted by Crippen LogP contribution is 2.26. The minimum atomic E-state index is -0.912. The lowest BCUT2D eigenvalue weighted by Gasteiger charge is -2.21. The fourth-order valence-electron chi connectivity index (χ4n) is 1.89. The number of hydrogen-bond acceptors (Lipinski definition) is 2. The van der Waals surface area contributed by atoms with Crippen LogP contribution in [0.1, 0.15) is 36.7 Å². The molecule has 90 valence electrons. The number of nitrogens with zero attached hydrogens (tertiary/aromatic N) is 2. The van der Waals surface area contributed by atoms with Crippen molar-refractivity contribution in [2.24, 2.45) is 0 Å². The molecule has 0 unspecified atom stereocenters. The maximum absolute atomic E-state index is 11.2. The molecule has 2 rings (SSSR count). The van der Waals surface area contributed by atoms with Gasteiger partial charge in [-0.15, -0.1) is 0 Å². The van der Waals surface area contributed by atoms with Crippen molar-refractivity contribution in [1.29, 1.82) is 0 Å². The number of rotatable bonds is 1. The van der Waals surface area contributed by atoms with E-state index in [4.69, 9.17) is 0 Å². The quantitative estimate of drug-likeness (QED) is 0.822. The minimum absolute atomic E-state index is 0.186. The Bertz CT molecular complexity index is 591. The fourth-order valence-corrected chi connectivity index (χ4v) is 1.89. The molecule has 2 aromatic heterocycles. The molecule has 0 saturated heterocycles. The van der Waals surface area contributed by atoms with Crippen LogP contribution in [-0.4, -0.2) is 20.6 Å². The molecule has 17 heavy (non-hydrogen) atoms.